The smallest absolute Gasteiger partial charge is 0.397 e. The molecule has 0 atom stereocenters. The molecule has 4 nitrogen and oxygen atoms in total. The molecule has 0 spiro atoms. The lowest BCUT2D eigenvalue weighted by Gasteiger charge is -2.24. The normalized spacial score (nSPS) is 11.4. The number of rotatable bonds is 5. The minimum absolute atomic E-state index is 0.0586. The zero-order chi connectivity index (χ0) is 15.3. The standard InChI is InChI=1S/C13H18F3N3O/c1-3-4-5-19(8-13(14,15)16)12(20)11-6-10(17)7-18-9(11)2/h6-7H,3-5,8,17H2,1-2H3. The van der Waals surface area contributed by atoms with Crippen LogP contribution >= 0.6 is 0 Å². The number of aryl methyl sites for hydroxylation is 1. The fraction of sp³-hybridized carbons (Fsp3) is 0.538. The van der Waals surface area contributed by atoms with Crippen LogP contribution in [0, 0.1) is 6.92 Å². The van der Waals surface area contributed by atoms with Crippen LogP contribution in [0.1, 0.15) is 35.8 Å². The highest BCUT2D eigenvalue weighted by atomic mass is 19.4. The number of carbonyl (C=O) groups is 1. The molecular weight excluding hydrogens is 271 g/mol. The summed E-state index contributed by atoms with van der Waals surface area (Å²) in [5.41, 5.74) is 6.27. The summed E-state index contributed by atoms with van der Waals surface area (Å²) >= 11 is 0. The maximum Gasteiger partial charge on any atom is 0.406 e. The number of unbranched alkanes of at least 4 members (excludes halogenated alkanes) is 1. The first-order valence-electron chi connectivity index (χ1n) is 6.32. The number of hydrogen-bond donors (Lipinski definition) is 1. The van der Waals surface area contributed by atoms with Gasteiger partial charge in [-0.2, -0.15) is 13.2 Å². The van der Waals surface area contributed by atoms with Crippen LogP contribution in [-0.4, -0.2) is 35.1 Å². The molecule has 0 radical (unpaired) electrons. The van der Waals surface area contributed by atoms with Gasteiger partial charge in [0.2, 0.25) is 0 Å². The maximum atomic E-state index is 12.6. The minimum Gasteiger partial charge on any atom is -0.397 e. The van der Waals surface area contributed by atoms with Gasteiger partial charge in [0.15, 0.2) is 0 Å². The van der Waals surface area contributed by atoms with Crippen molar-refractivity contribution in [3.8, 4) is 0 Å². The number of alkyl halides is 3. The zero-order valence-electron chi connectivity index (χ0n) is 11.5. The van der Waals surface area contributed by atoms with E-state index in [4.69, 9.17) is 5.73 Å². The first-order chi connectivity index (χ1) is 9.24. The number of carbonyl (C=O) groups excluding carboxylic acids is 1. The van der Waals surface area contributed by atoms with Crippen LogP contribution in [0.4, 0.5) is 18.9 Å². The monoisotopic (exact) mass is 289 g/mol. The first-order valence-corrected chi connectivity index (χ1v) is 6.32. The van der Waals surface area contributed by atoms with Crippen molar-refractivity contribution in [1.82, 2.24) is 9.88 Å². The van der Waals surface area contributed by atoms with Gasteiger partial charge in [-0.25, -0.2) is 0 Å². The van der Waals surface area contributed by atoms with E-state index >= 15 is 0 Å². The number of nitrogen functional groups attached to an aromatic ring is 1. The summed E-state index contributed by atoms with van der Waals surface area (Å²) < 4.78 is 37.7. The summed E-state index contributed by atoms with van der Waals surface area (Å²) in [7, 11) is 0. The second-order valence-electron chi connectivity index (χ2n) is 4.60. The summed E-state index contributed by atoms with van der Waals surface area (Å²) in [6, 6.07) is 1.36. The van der Waals surface area contributed by atoms with E-state index in [0.717, 1.165) is 4.90 Å². The van der Waals surface area contributed by atoms with Crippen LogP contribution in [0.5, 0.6) is 0 Å². The molecule has 0 aliphatic rings. The largest absolute Gasteiger partial charge is 0.406 e. The highest BCUT2D eigenvalue weighted by Crippen LogP contribution is 2.20. The van der Waals surface area contributed by atoms with Gasteiger partial charge < -0.3 is 10.6 Å². The van der Waals surface area contributed by atoms with Crippen LogP contribution in [0.3, 0.4) is 0 Å². The van der Waals surface area contributed by atoms with Crippen molar-refractivity contribution in [3.05, 3.63) is 23.5 Å². The average Bonchev–Trinajstić information content (AvgIpc) is 2.35. The van der Waals surface area contributed by atoms with Crippen LogP contribution in [0.2, 0.25) is 0 Å². The van der Waals surface area contributed by atoms with E-state index in [0.29, 0.717) is 18.5 Å². The van der Waals surface area contributed by atoms with E-state index in [1.807, 2.05) is 6.92 Å². The average molecular weight is 289 g/mol. The van der Waals surface area contributed by atoms with Crippen molar-refractivity contribution in [3.63, 3.8) is 0 Å². The molecule has 0 fully saturated rings. The number of nitrogens with zero attached hydrogens (tertiary/aromatic N) is 2. The molecular formula is C13H18F3N3O. The van der Waals surface area contributed by atoms with Gasteiger partial charge in [0.1, 0.15) is 6.54 Å². The third-order valence-electron chi connectivity index (χ3n) is 2.78. The molecule has 2 N–H and O–H groups in total. The predicted molar refractivity (Wildman–Crippen MR) is 70.3 cm³/mol. The SMILES string of the molecule is CCCCN(CC(F)(F)F)C(=O)c1cc(N)cnc1C. The molecule has 0 bridgehead atoms. The number of anilines is 1. The molecule has 112 valence electrons. The third-order valence-corrected chi connectivity index (χ3v) is 2.78. The summed E-state index contributed by atoms with van der Waals surface area (Å²) in [4.78, 5) is 16.9. The Balaban J connectivity index is 2.99. The topological polar surface area (TPSA) is 59.2 Å². The molecule has 0 unspecified atom stereocenters. The second-order valence-corrected chi connectivity index (χ2v) is 4.60. The zero-order valence-corrected chi connectivity index (χ0v) is 11.5. The van der Waals surface area contributed by atoms with Gasteiger partial charge in [0.05, 0.1) is 23.1 Å². The highest BCUT2D eigenvalue weighted by molar-refractivity contribution is 5.96. The van der Waals surface area contributed by atoms with Gasteiger partial charge in [0, 0.05) is 6.54 Å². The summed E-state index contributed by atoms with van der Waals surface area (Å²) in [5.74, 6) is -0.687. The molecule has 1 heterocycles. The minimum atomic E-state index is -4.43. The van der Waals surface area contributed by atoms with Gasteiger partial charge in [-0.05, 0) is 19.4 Å². The molecule has 0 aliphatic heterocycles. The molecule has 20 heavy (non-hydrogen) atoms. The van der Waals surface area contributed by atoms with E-state index in [-0.39, 0.29) is 17.8 Å². The van der Waals surface area contributed by atoms with Crippen molar-refractivity contribution in [1.29, 1.82) is 0 Å². The van der Waals surface area contributed by atoms with E-state index in [1.54, 1.807) is 6.92 Å². The van der Waals surface area contributed by atoms with Crippen molar-refractivity contribution < 1.29 is 18.0 Å². The molecule has 0 saturated heterocycles. The Kier molecular flexibility index (Phi) is 5.35. The number of aromatic nitrogens is 1. The lowest BCUT2D eigenvalue weighted by atomic mass is 10.1. The Morgan fingerprint density at radius 2 is 2.10 bits per heavy atom. The number of amides is 1. The quantitative estimate of drug-likeness (QED) is 0.906. The molecule has 1 aromatic heterocycles. The lowest BCUT2D eigenvalue weighted by Crippen LogP contribution is -2.40. The van der Waals surface area contributed by atoms with Crippen molar-refractivity contribution in [2.24, 2.45) is 0 Å². The van der Waals surface area contributed by atoms with E-state index < -0.39 is 18.6 Å². The van der Waals surface area contributed by atoms with Crippen LogP contribution < -0.4 is 5.73 Å². The first kappa shape index (κ1) is 16.3. The molecule has 1 rings (SSSR count). The predicted octanol–water partition coefficient (Wildman–Crippen LogP) is 2.78. The highest BCUT2D eigenvalue weighted by Gasteiger charge is 2.33. The van der Waals surface area contributed by atoms with Gasteiger partial charge in [-0.15, -0.1) is 0 Å². The summed E-state index contributed by atoms with van der Waals surface area (Å²) in [5, 5.41) is 0. The van der Waals surface area contributed by atoms with Gasteiger partial charge in [0.25, 0.3) is 5.91 Å². The van der Waals surface area contributed by atoms with Gasteiger partial charge >= 0.3 is 6.18 Å². The van der Waals surface area contributed by atoms with Gasteiger partial charge in [-0.3, -0.25) is 9.78 Å². The Morgan fingerprint density at radius 3 is 2.65 bits per heavy atom. The fourth-order valence-electron chi connectivity index (χ4n) is 1.75. The number of halogens is 3. The van der Waals surface area contributed by atoms with E-state index in [9.17, 15) is 18.0 Å². The Morgan fingerprint density at radius 1 is 1.45 bits per heavy atom. The molecule has 0 saturated carbocycles. The number of hydrogen-bond acceptors (Lipinski definition) is 3. The fourth-order valence-corrected chi connectivity index (χ4v) is 1.75. The summed E-state index contributed by atoms with van der Waals surface area (Å²) in [6.07, 6.45) is -1.84. The van der Waals surface area contributed by atoms with Crippen molar-refractivity contribution in [2.45, 2.75) is 32.9 Å². The van der Waals surface area contributed by atoms with Crippen molar-refractivity contribution in [2.75, 3.05) is 18.8 Å². The third kappa shape index (κ3) is 4.71. The molecule has 0 aromatic carbocycles. The number of pyridine rings is 1. The Bertz CT molecular complexity index is 474. The van der Waals surface area contributed by atoms with Crippen molar-refractivity contribution >= 4 is 11.6 Å². The van der Waals surface area contributed by atoms with Crippen LogP contribution in [0.25, 0.3) is 0 Å². The molecule has 1 aromatic rings. The lowest BCUT2D eigenvalue weighted by molar-refractivity contribution is -0.140. The summed E-state index contributed by atoms with van der Waals surface area (Å²) in [6.45, 7) is 2.21. The van der Waals surface area contributed by atoms with Gasteiger partial charge in [-0.1, -0.05) is 13.3 Å². The maximum absolute atomic E-state index is 12.6. The van der Waals surface area contributed by atoms with Crippen LogP contribution in [-0.2, 0) is 0 Å². The molecule has 0 aliphatic carbocycles. The van der Waals surface area contributed by atoms with E-state index in [2.05, 4.69) is 4.98 Å². The molecule has 7 heteroatoms. The van der Waals surface area contributed by atoms with E-state index in [1.165, 1.54) is 12.3 Å². The second kappa shape index (κ2) is 6.58. The Labute approximate surface area is 115 Å². The number of nitrogens with two attached hydrogens (primary N) is 1. The van der Waals surface area contributed by atoms with Crippen LogP contribution in [0.15, 0.2) is 12.3 Å². The molecule has 1 amide bonds. The Hall–Kier alpha value is -1.79.